The normalized spacial score (nSPS) is 15.7. The molecule has 1 heterocycles. The molecule has 10 heteroatoms. The number of nitrogens with zero attached hydrogens (tertiary/aromatic N) is 2. The lowest BCUT2D eigenvalue weighted by atomic mass is 10.3. The van der Waals surface area contributed by atoms with Gasteiger partial charge in [0.2, 0.25) is 15.9 Å². The van der Waals surface area contributed by atoms with Gasteiger partial charge in [-0.2, -0.15) is 4.31 Å². The van der Waals surface area contributed by atoms with Crippen molar-refractivity contribution in [3.8, 4) is 0 Å². The van der Waals surface area contributed by atoms with Crippen LogP contribution in [0.4, 0.5) is 0 Å². The van der Waals surface area contributed by atoms with Gasteiger partial charge in [0.1, 0.15) is 0 Å². The van der Waals surface area contributed by atoms with Crippen molar-refractivity contribution in [3.05, 3.63) is 29.3 Å². The first kappa shape index (κ1) is 21.0. The molecule has 0 aliphatic carbocycles. The van der Waals surface area contributed by atoms with Gasteiger partial charge in [-0.05, 0) is 31.2 Å². The number of esters is 1. The van der Waals surface area contributed by atoms with Crippen LogP contribution in [0.2, 0.25) is 5.02 Å². The SMILES string of the molecule is CCOC(=O)CSCC(=O)N1CCN(S(=O)(=O)c2ccc(Cl)cc2)CC1. The van der Waals surface area contributed by atoms with Gasteiger partial charge in [0.25, 0.3) is 0 Å². The standard InChI is InChI=1S/C16H21ClN2O5S2/c1-2-24-16(21)12-25-11-15(20)18-7-9-19(10-8-18)26(22,23)14-5-3-13(17)4-6-14/h3-6H,2,7-12H2,1H3. The number of piperazine rings is 1. The largest absolute Gasteiger partial charge is 0.465 e. The average Bonchev–Trinajstić information content (AvgIpc) is 2.62. The first-order valence-corrected chi connectivity index (χ1v) is 11.1. The quantitative estimate of drug-likeness (QED) is 0.621. The fourth-order valence-corrected chi connectivity index (χ4v) is 4.71. The molecule has 1 aromatic carbocycles. The van der Waals surface area contributed by atoms with Crippen molar-refractivity contribution in [2.24, 2.45) is 0 Å². The number of hydrogen-bond acceptors (Lipinski definition) is 6. The Morgan fingerprint density at radius 3 is 2.31 bits per heavy atom. The molecule has 2 rings (SSSR count). The Morgan fingerprint density at radius 1 is 1.12 bits per heavy atom. The van der Waals surface area contributed by atoms with Crippen molar-refractivity contribution in [2.75, 3.05) is 44.3 Å². The molecule has 26 heavy (non-hydrogen) atoms. The Hall–Kier alpha value is -1.29. The molecule has 1 amide bonds. The van der Waals surface area contributed by atoms with Gasteiger partial charge >= 0.3 is 5.97 Å². The Kier molecular flexibility index (Phi) is 7.75. The molecule has 1 aliphatic heterocycles. The molecule has 1 fully saturated rings. The van der Waals surface area contributed by atoms with Gasteiger partial charge in [0, 0.05) is 31.2 Å². The fraction of sp³-hybridized carbons (Fsp3) is 0.500. The smallest absolute Gasteiger partial charge is 0.315 e. The summed E-state index contributed by atoms with van der Waals surface area (Å²) in [5.74, 6) is -0.153. The number of thioether (sulfide) groups is 1. The lowest BCUT2D eigenvalue weighted by Crippen LogP contribution is -2.51. The van der Waals surface area contributed by atoms with Crippen LogP contribution in [-0.2, 0) is 24.3 Å². The predicted octanol–water partition coefficient (Wildman–Crippen LogP) is 1.47. The summed E-state index contributed by atoms with van der Waals surface area (Å²) in [6.07, 6.45) is 0. The van der Waals surface area contributed by atoms with Crippen molar-refractivity contribution >= 4 is 45.3 Å². The topological polar surface area (TPSA) is 84.0 Å². The van der Waals surface area contributed by atoms with Crippen LogP contribution in [0.25, 0.3) is 0 Å². The van der Waals surface area contributed by atoms with E-state index in [1.54, 1.807) is 11.8 Å². The number of benzene rings is 1. The maximum absolute atomic E-state index is 12.6. The molecule has 0 atom stereocenters. The van der Waals surface area contributed by atoms with Crippen LogP contribution in [0.15, 0.2) is 29.2 Å². The van der Waals surface area contributed by atoms with Crippen LogP contribution in [0.3, 0.4) is 0 Å². The van der Waals surface area contributed by atoms with Gasteiger partial charge in [-0.1, -0.05) is 11.6 Å². The third-order valence-electron chi connectivity index (χ3n) is 3.79. The van der Waals surface area contributed by atoms with E-state index in [1.165, 1.54) is 40.3 Å². The molecule has 0 N–H and O–H groups in total. The maximum atomic E-state index is 12.6. The lowest BCUT2D eigenvalue weighted by molar-refractivity contribution is -0.139. The Morgan fingerprint density at radius 2 is 1.73 bits per heavy atom. The summed E-state index contributed by atoms with van der Waals surface area (Å²) in [7, 11) is -3.59. The molecule has 0 unspecified atom stereocenters. The zero-order chi connectivity index (χ0) is 19.2. The molecule has 0 spiro atoms. The van der Waals surface area contributed by atoms with Crippen molar-refractivity contribution in [2.45, 2.75) is 11.8 Å². The van der Waals surface area contributed by atoms with E-state index >= 15 is 0 Å². The van der Waals surface area contributed by atoms with Crippen molar-refractivity contribution < 1.29 is 22.7 Å². The summed E-state index contributed by atoms with van der Waals surface area (Å²) < 4.78 is 31.4. The molecule has 0 saturated carbocycles. The van der Waals surface area contributed by atoms with E-state index in [-0.39, 0.29) is 41.4 Å². The van der Waals surface area contributed by atoms with E-state index in [9.17, 15) is 18.0 Å². The van der Waals surface area contributed by atoms with Crippen LogP contribution in [-0.4, -0.2) is 73.8 Å². The van der Waals surface area contributed by atoms with Gasteiger partial charge in [-0.25, -0.2) is 8.42 Å². The van der Waals surface area contributed by atoms with Crippen LogP contribution < -0.4 is 0 Å². The number of rotatable bonds is 7. The number of amides is 1. The van der Waals surface area contributed by atoms with E-state index in [2.05, 4.69) is 0 Å². The molecule has 1 aromatic rings. The highest BCUT2D eigenvalue weighted by Crippen LogP contribution is 2.20. The summed E-state index contributed by atoms with van der Waals surface area (Å²) in [5, 5.41) is 0.472. The van der Waals surface area contributed by atoms with E-state index in [0.717, 1.165) is 0 Å². The second-order valence-electron chi connectivity index (χ2n) is 5.54. The number of ether oxygens (including phenoxy) is 1. The monoisotopic (exact) mass is 420 g/mol. The van der Waals surface area contributed by atoms with Gasteiger partial charge in [0.15, 0.2) is 0 Å². The summed E-state index contributed by atoms with van der Waals surface area (Å²) in [4.78, 5) is 25.2. The van der Waals surface area contributed by atoms with Gasteiger partial charge in [-0.3, -0.25) is 9.59 Å². The molecule has 0 aromatic heterocycles. The van der Waals surface area contributed by atoms with E-state index in [1.807, 2.05) is 0 Å². The van der Waals surface area contributed by atoms with Crippen molar-refractivity contribution in [3.63, 3.8) is 0 Å². The fourth-order valence-electron chi connectivity index (χ4n) is 2.45. The third kappa shape index (κ3) is 5.60. The third-order valence-corrected chi connectivity index (χ3v) is 6.85. The van der Waals surface area contributed by atoms with Crippen LogP contribution >= 0.6 is 23.4 Å². The van der Waals surface area contributed by atoms with Crippen LogP contribution in [0, 0.1) is 0 Å². The Labute approximate surface area is 162 Å². The number of halogens is 1. The molecule has 0 radical (unpaired) electrons. The van der Waals surface area contributed by atoms with E-state index < -0.39 is 10.0 Å². The van der Waals surface area contributed by atoms with Crippen LogP contribution in [0.1, 0.15) is 6.92 Å². The Bertz CT molecular complexity index is 732. The predicted molar refractivity (Wildman–Crippen MR) is 101 cm³/mol. The minimum atomic E-state index is -3.59. The minimum absolute atomic E-state index is 0.108. The second-order valence-corrected chi connectivity index (χ2v) is 8.90. The summed E-state index contributed by atoms with van der Waals surface area (Å²) in [6.45, 7) is 3.17. The number of sulfonamides is 1. The van der Waals surface area contributed by atoms with Crippen molar-refractivity contribution in [1.82, 2.24) is 9.21 Å². The average molecular weight is 421 g/mol. The highest BCUT2D eigenvalue weighted by atomic mass is 35.5. The number of hydrogen-bond donors (Lipinski definition) is 0. The lowest BCUT2D eigenvalue weighted by Gasteiger charge is -2.34. The molecule has 1 aliphatic rings. The number of carbonyl (C=O) groups excluding carboxylic acids is 2. The summed E-state index contributed by atoms with van der Waals surface area (Å²) in [6, 6.07) is 6.02. The summed E-state index contributed by atoms with van der Waals surface area (Å²) in [5.41, 5.74) is 0. The zero-order valence-electron chi connectivity index (χ0n) is 14.4. The summed E-state index contributed by atoms with van der Waals surface area (Å²) >= 11 is 6.99. The van der Waals surface area contributed by atoms with Gasteiger partial charge in [0.05, 0.1) is 23.0 Å². The maximum Gasteiger partial charge on any atom is 0.315 e. The highest BCUT2D eigenvalue weighted by Gasteiger charge is 2.30. The first-order valence-electron chi connectivity index (χ1n) is 8.11. The molecule has 144 valence electrons. The molecular formula is C16H21ClN2O5S2. The van der Waals surface area contributed by atoms with Gasteiger partial charge in [-0.15, -0.1) is 11.8 Å². The highest BCUT2D eigenvalue weighted by molar-refractivity contribution is 8.00. The zero-order valence-corrected chi connectivity index (χ0v) is 16.8. The van der Waals surface area contributed by atoms with Crippen molar-refractivity contribution in [1.29, 1.82) is 0 Å². The first-order chi connectivity index (χ1) is 12.3. The second kappa shape index (κ2) is 9.59. The minimum Gasteiger partial charge on any atom is -0.465 e. The Balaban J connectivity index is 1.83. The molecule has 1 saturated heterocycles. The van der Waals surface area contributed by atoms with E-state index in [4.69, 9.17) is 16.3 Å². The molecular weight excluding hydrogens is 400 g/mol. The van der Waals surface area contributed by atoms with Crippen LogP contribution in [0.5, 0.6) is 0 Å². The van der Waals surface area contributed by atoms with E-state index in [0.29, 0.717) is 24.7 Å². The number of carbonyl (C=O) groups is 2. The molecule has 0 bridgehead atoms. The molecule has 7 nitrogen and oxygen atoms in total. The van der Waals surface area contributed by atoms with Gasteiger partial charge < -0.3 is 9.64 Å².